The third kappa shape index (κ3) is 2.40. The van der Waals surface area contributed by atoms with E-state index >= 15 is 0 Å². The quantitative estimate of drug-likeness (QED) is 0.897. The Balaban J connectivity index is 2.30. The van der Waals surface area contributed by atoms with Crippen molar-refractivity contribution in [2.75, 3.05) is 13.1 Å². The molecule has 2 N–H and O–H groups in total. The number of aliphatic carboxylic acids is 1. The lowest BCUT2D eigenvalue weighted by atomic mass is 9.74. The first-order chi connectivity index (χ1) is 9.27. The van der Waals surface area contributed by atoms with Gasteiger partial charge in [0.25, 0.3) is 0 Å². The Kier molecular flexibility index (Phi) is 3.77. The lowest BCUT2D eigenvalue weighted by Gasteiger charge is -2.32. The van der Waals surface area contributed by atoms with Crippen LogP contribution in [0.4, 0.5) is 13.2 Å². The SMILES string of the molecule is Cc1ccc(C[C@@H]2CNC[C@]2(C(=O)O)C(F)(F)F)cc1. The Bertz CT molecular complexity index is 498. The lowest BCUT2D eigenvalue weighted by molar-refractivity contribution is -0.236. The second-order valence-electron chi connectivity index (χ2n) is 5.29. The van der Waals surface area contributed by atoms with Crippen molar-refractivity contribution in [1.29, 1.82) is 0 Å². The molecule has 0 aromatic heterocycles. The van der Waals surface area contributed by atoms with Gasteiger partial charge in [-0.15, -0.1) is 0 Å². The van der Waals surface area contributed by atoms with E-state index in [4.69, 9.17) is 5.11 Å². The van der Waals surface area contributed by atoms with E-state index in [0.717, 1.165) is 11.1 Å². The number of hydrogen-bond acceptors (Lipinski definition) is 2. The highest BCUT2D eigenvalue weighted by molar-refractivity contribution is 5.77. The normalized spacial score (nSPS) is 26.7. The van der Waals surface area contributed by atoms with Crippen LogP contribution in [-0.4, -0.2) is 30.3 Å². The maximum absolute atomic E-state index is 13.3. The maximum atomic E-state index is 13.3. The van der Waals surface area contributed by atoms with Crippen LogP contribution >= 0.6 is 0 Å². The summed E-state index contributed by atoms with van der Waals surface area (Å²) in [6, 6.07) is 7.12. The van der Waals surface area contributed by atoms with E-state index in [1.807, 2.05) is 19.1 Å². The molecule has 1 aliphatic rings. The van der Waals surface area contributed by atoms with E-state index in [2.05, 4.69) is 5.32 Å². The molecule has 1 aromatic rings. The van der Waals surface area contributed by atoms with Crippen molar-refractivity contribution in [3.8, 4) is 0 Å². The number of nitrogens with one attached hydrogen (secondary N) is 1. The fourth-order valence-electron chi connectivity index (χ4n) is 2.72. The van der Waals surface area contributed by atoms with E-state index < -0.39 is 30.0 Å². The number of benzene rings is 1. The van der Waals surface area contributed by atoms with E-state index in [1.54, 1.807) is 12.1 Å². The zero-order valence-corrected chi connectivity index (χ0v) is 11.0. The Morgan fingerprint density at radius 1 is 1.40 bits per heavy atom. The minimum Gasteiger partial charge on any atom is -0.481 e. The van der Waals surface area contributed by atoms with Crippen molar-refractivity contribution in [1.82, 2.24) is 5.32 Å². The predicted octanol–water partition coefficient (Wildman–Crippen LogP) is 2.39. The molecule has 2 rings (SSSR count). The van der Waals surface area contributed by atoms with Crippen LogP contribution < -0.4 is 5.32 Å². The molecule has 0 amide bonds. The fourth-order valence-corrected chi connectivity index (χ4v) is 2.72. The minimum absolute atomic E-state index is 0.0552. The fraction of sp³-hybridized carbons (Fsp3) is 0.500. The van der Waals surface area contributed by atoms with Crippen LogP contribution in [0.3, 0.4) is 0 Å². The van der Waals surface area contributed by atoms with Crippen molar-refractivity contribution in [3.63, 3.8) is 0 Å². The van der Waals surface area contributed by atoms with Gasteiger partial charge in [0.1, 0.15) is 0 Å². The van der Waals surface area contributed by atoms with Gasteiger partial charge in [-0.2, -0.15) is 13.2 Å². The Hall–Kier alpha value is -1.56. The van der Waals surface area contributed by atoms with Gasteiger partial charge in [0.05, 0.1) is 0 Å². The minimum atomic E-state index is -4.77. The summed E-state index contributed by atoms with van der Waals surface area (Å²) >= 11 is 0. The highest BCUT2D eigenvalue weighted by Crippen LogP contribution is 2.47. The van der Waals surface area contributed by atoms with Crippen molar-refractivity contribution < 1.29 is 23.1 Å². The van der Waals surface area contributed by atoms with Crippen LogP contribution in [0.15, 0.2) is 24.3 Å². The van der Waals surface area contributed by atoms with Gasteiger partial charge in [-0.3, -0.25) is 4.79 Å². The third-order valence-corrected chi connectivity index (χ3v) is 3.98. The molecule has 110 valence electrons. The molecule has 0 bridgehead atoms. The maximum Gasteiger partial charge on any atom is 0.406 e. The molecule has 1 fully saturated rings. The molecule has 1 aromatic carbocycles. The Labute approximate surface area is 114 Å². The average molecular weight is 287 g/mol. The molecule has 20 heavy (non-hydrogen) atoms. The summed E-state index contributed by atoms with van der Waals surface area (Å²) in [4.78, 5) is 11.3. The Morgan fingerprint density at radius 3 is 2.50 bits per heavy atom. The van der Waals surface area contributed by atoms with Crippen LogP contribution in [0.5, 0.6) is 0 Å². The van der Waals surface area contributed by atoms with Crippen LogP contribution in [-0.2, 0) is 11.2 Å². The summed E-state index contributed by atoms with van der Waals surface area (Å²) in [7, 11) is 0. The van der Waals surface area contributed by atoms with Crippen molar-refractivity contribution in [3.05, 3.63) is 35.4 Å². The molecular weight excluding hydrogens is 271 g/mol. The molecule has 3 nitrogen and oxygen atoms in total. The molecule has 0 unspecified atom stereocenters. The van der Waals surface area contributed by atoms with Crippen LogP contribution in [0.25, 0.3) is 0 Å². The van der Waals surface area contributed by atoms with Crippen molar-refractivity contribution >= 4 is 5.97 Å². The number of hydrogen-bond donors (Lipinski definition) is 2. The molecule has 0 aliphatic carbocycles. The molecule has 2 atom stereocenters. The summed E-state index contributed by atoms with van der Waals surface area (Å²) in [5.74, 6) is -2.80. The molecule has 0 radical (unpaired) electrons. The smallest absolute Gasteiger partial charge is 0.406 e. The number of halogens is 3. The van der Waals surface area contributed by atoms with E-state index in [-0.39, 0.29) is 13.0 Å². The largest absolute Gasteiger partial charge is 0.481 e. The molecular formula is C14H16F3NO2. The second-order valence-corrected chi connectivity index (χ2v) is 5.29. The zero-order chi connectivity index (χ0) is 15.0. The number of carbonyl (C=O) groups is 1. The number of rotatable bonds is 3. The van der Waals surface area contributed by atoms with Crippen LogP contribution in [0.2, 0.25) is 0 Å². The summed E-state index contributed by atoms with van der Waals surface area (Å²) in [6.45, 7) is 1.38. The van der Waals surface area contributed by atoms with Crippen molar-refractivity contribution in [2.45, 2.75) is 19.5 Å². The van der Waals surface area contributed by atoms with Gasteiger partial charge in [0, 0.05) is 12.5 Å². The first-order valence-electron chi connectivity index (χ1n) is 6.34. The number of aryl methyl sites for hydroxylation is 1. The first-order valence-corrected chi connectivity index (χ1v) is 6.34. The van der Waals surface area contributed by atoms with Crippen LogP contribution in [0, 0.1) is 18.3 Å². The first kappa shape index (κ1) is 14.8. The van der Waals surface area contributed by atoms with Gasteiger partial charge >= 0.3 is 12.1 Å². The Morgan fingerprint density at radius 2 is 2.00 bits per heavy atom. The molecule has 6 heteroatoms. The highest BCUT2D eigenvalue weighted by Gasteiger charge is 2.66. The van der Waals surface area contributed by atoms with E-state index in [1.165, 1.54) is 0 Å². The van der Waals surface area contributed by atoms with Gasteiger partial charge in [0.2, 0.25) is 0 Å². The summed E-state index contributed by atoms with van der Waals surface area (Å²) < 4.78 is 39.8. The second kappa shape index (κ2) is 5.09. The molecule has 1 heterocycles. The highest BCUT2D eigenvalue weighted by atomic mass is 19.4. The zero-order valence-electron chi connectivity index (χ0n) is 11.0. The van der Waals surface area contributed by atoms with Crippen LogP contribution in [0.1, 0.15) is 11.1 Å². The monoisotopic (exact) mass is 287 g/mol. The summed E-state index contributed by atoms with van der Waals surface area (Å²) in [5, 5.41) is 11.7. The summed E-state index contributed by atoms with van der Waals surface area (Å²) in [6.07, 6.45) is -4.67. The van der Waals surface area contributed by atoms with E-state index in [9.17, 15) is 18.0 Å². The molecule has 0 spiro atoms. The average Bonchev–Trinajstić information content (AvgIpc) is 2.76. The van der Waals surface area contributed by atoms with Gasteiger partial charge in [-0.25, -0.2) is 0 Å². The predicted molar refractivity (Wildman–Crippen MR) is 67.4 cm³/mol. The van der Waals surface area contributed by atoms with E-state index in [0.29, 0.717) is 0 Å². The standard InChI is InChI=1S/C14H16F3NO2/c1-9-2-4-10(5-3-9)6-11-7-18-8-13(11,12(19)20)14(15,16)17/h2-5,11,18H,6-8H2,1H3,(H,19,20)/t11-,13+/m1/s1. The topological polar surface area (TPSA) is 49.3 Å². The number of carboxylic acid groups (broad SMARTS) is 1. The molecule has 1 saturated heterocycles. The van der Waals surface area contributed by atoms with Gasteiger partial charge in [-0.05, 0) is 25.5 Å². The number of carboxylic acids is 1. The van der Waals surface area contributed by atoms with Crippen molar-refractivity contribution in [2.24, 2.45) is 11.3 Å². The number of alkyl halides is 3. The molecule has 0 saturated carbocycles. The van der Waals surface area contributed by atoms with Gasteiger partial charge in [0.15, 0.2) is 5.41 Å². The molecule has 1 aliphatic heterocycles. The van der Waals surface area contributed by atoms with Gasteiger partial charge < -0.3 is 10.4 Å². The third-order valence-electron chi connectivity index (χ3n) is 3.98. The summed E-state index contributed by atoms with van der Waals surface area (Å²) in [5.41, 5.74) is -0.962. The van der Waals surface area contributed by atoms with Gasteiger partial charge in [-0.1, -0.05) is 29.8 Å². The lowest BCUT2D eigenvalue weighted by Crippen LogP contribution is -2.51.